The molecular weight excluding hydrogens is 172 g/mol. The third kappa shape index (κ3) is 2.18. The van der Waals surface area contributed by atoms with Gasteiger partial charge in [-0.25, -0.2) is 0 Å². The Morgan fingerprint density at radius 3 is 3.15 bits per heavy atom. The van der Waals surface area contributed by atoms with E-state index in [-0.39, 0.29) is 12.2 Å². The largest absolute Gasteiger partial charge is 0.446 e. The van der Waals surface area contributed by atoms with Gasteiger partial charge in [0.05, 0.1) is 6.10 Å². The van der Waals surface area contributed by atoms with Crippen molar-refractivity contribution in [2.45, 2.75) is 25.9 Å². The summed E-state index contributed by atoms with van der Waals surface area (Å²) in [7, 11) is 0. The molecule has 72 valence electrons. The number of aromatic nitrogens is 2. The second-order valence-corrected chi connectivity index (χ2v) is 3.05. The number of hydrogen-bond acceptors (Lipinski definition) is 5. The van der Waals surface area contributed by atoms with Gasteiger partial charge in [0.2, 0.25) is 0 Å². The molecule has 2 rings (SSSR count). The molecule has 1 aliphatic heterocycles. The van der Waals surface area contributed by atoms with Gasteiger partial charge in [0.25, 0.3) is 0 Å². The third-order valence-electron chi connectivity index (χ3n) is 1.93. The zero-order valence-corrected chi connectivity index (χ0v) is 7.52. The van der Waals surface area contributed by atoms with Crippen molar-refractivity contribution in [3.63, 3.8) is 0 Å². The average Bonchev–Trinajstić information content (AvgIpc) is 2.71. The van der Waals surface area contributed by atoms with Crippen LogP contribution in [0.2, 0.25) is 0 Å². The van der Waals surface area contributed by atoms with Crippen molar-refractivity contribution < 1.29 is 14.0 Å². The van der Waals surface area contributed by atoms with Crippen LogP contribution >= 0.6 is 0 Å². The highest BCUT2D eigenvalue weighted by Crippen LogP contribution is 2.13. The van der Waals surface area contributed by atoms with Gasteiger partial charge in [0.1, 0.15) is 6.61 Å². The van der Waals surface area contributed by atoms with E-state index in [9.17, 15) is 0 Å². The summed E-state index contributed by atoms with van der Waals surface area (Å²) < 4.78 is 15.4. The van der Waals surface area contributed by atoms with Gasteiger partial charge in [-0.15, -0.1) is 0 Å². The maximum absolute atomic E-state index is 5.37. The van der Waals surface area contributed by atoms with E-state index in [0.717, 1.165) is 19.4 Å². The molecule has 1 aromatic heterocycles. The van der Waals surface area contributed by atoms with Crippen molar-refractivity contribution in [2.24, 2.45) is 0 Å². The Hall–Kier alpha value is -1.10. The molecule has 1 aliphatic rings. The summed E-state index contributed by atoms with van der Waals surface area (Å²) in [4.78, 5) is 3.92. The lowest BCUT2D eigenvalue weighted by atomic mass is 10.2. The molecule has 0 spiro atoms. The lowest BCUT2D eigenvalue weighted by Gasteiger charge is -2.06. The van der Waals surface area contributed by atoms with E-state index in [0.29, 0.717) is 12.4 Å². The standard InChI is InChI=1S/C8H12N2O3/c1-6-9-8(13-10-6)12-5-7-3-2-4-11-7/h7H,2-5H2,1H3. The molecule has 1 saturated heterocycles. The number of nitrogens with zero attached hydrogens (tertiary/aromatic N) is 2. The van der Waals surface area contributed by atoms with E-state index in [4.69, 9.17) is 14.0 Å². The van der Waals surface area contributed by atoms with Crippen molar-refractivity contribution in [1.82, 2.24) is 10.1 Å². The highest BCUT2D eigenvalue weighted by molar-refractivity contribution is 4.87. The minimum Gasteiger partial charge on any atom is -0.446 e. The Bertz CT molecular complexity index is 268. The Kier molecular flexibility index (Phi) is 2.44. The zero-order valence-electron chi connectivity index (χ0n) is 7.52. The molecule has 0 aliphatic carbocycles. The van der Waals surface area contributed by atoms with Crippen LogP contribution in [0, 0.1) is 6.92 Å². The molecule has 0 bridgehead atoms. The fraction of sp³-hybridized carbons (Fsp3) is 0.750. The van der Waals surface area contributed by atoms with E-state index >= 15 is 0 Å². The molecule has 1 atom stereocenters. The van der Waals surface area contributed by atoms with E-state index in [1.165, 1.54) is 0 Å². The van der Waals surface area contributed by atoms with Crippen molar-refractivity contribution >= 4 is 0 Å². The fourth-order valence-electron chi connectivity index (χ4n) is 1.28. The van der Waals surface area contributed by atoms with E-state index in [1.807, 2.05) is 0 Å². The second-order valence-electron chi connectivity index (χ2n) is 3.05. The maximum atomic E-state index is 5.37. The van der Waals surface area contributed by atoms with Crippen LogP contribution in [0.1, 0.15) is 18.7 Å². The summed E-state index contributed by atoms with van der Waals surface area (Å²) in [5.41, 5.74) is 0. The first kappa shape index (κ1) is 8.50. The molecule has 0 saturated carbocycles. The highest BCUT2D eigenvalue weighted by Gasteiger charge is 2.17. The quantitative estimate of drug-likeness (QED) is 0.699. The van der Waals surface area contributed by atoms with E-state index < -0.39 is 0 Å². The number of hydrogen-bond donors (Lipinski definition) is 0. The van der Waals surface area contributed by atoms with Crippen molar-refractivity contribution in [3.8, 4) is 6.08 Å². The number of aryl methyl sites for hydroxylation is 1. The van der Waals surface area contributed by atoms with Crippen LogP contribution < -0.4 is 4.74 Å². The minimum atomic E-state index is 0.187. The topological polar surface area (TPSA) is 57.4 Å². The molecule has 1 fully saturated rings. The van der Waals surface area contributed by atoms with Gasteiger partial charge >= 0.3 is 6.08 Å². The van der Waals surface area contributed by atoms with E-state index in [2.05, 4.69) is 10.1 Å². The summed E-state index contributed by atoms with van der Waals surface area (Å²) in [5.74, 6) is 0.586. The summed E-state index contributed by atoms with van der Waals surface area (Å²) in [5, 5.41) is 3.61. The summed E-state index contributed by atoms with van der Waals surface area (Å²) in [6.45, 7) is 3.08. The first-order valence-electron chi connectivity index (χ1n) is 4.39. The first-order chi connectivity index (χ1) is 6.34. The lowest BCUT2D eigenvalue weighted by molar-refractivity contribution is 0.0536. The SMILES string of the molecule is Cc1noc(OCC2CCCO2)n1. The predicted octanol–water partition coefficient (Wildman–Crippen LogP) is 0.936. The Morgan fingerprint density at radius 1 is 1.62 bits per heavy atom. The van der Waals surface area contributed by atoms with Crippen molar-refractivity contribution in [3.05, 3.63) is 5.82 Å². The van der Waals surface area contributed by atoms with Gasteiger partial charge in [-0.1, -0.05) is 5.16 Å². The number of ether oxygens (including phenoxy) is 2. The summed E-state index contributed by atoms with van der Waals surface area (Å²) >= 11 is 0. The van der Waals surface area contributed by atoms with Gasteiger partial charge < -0.3 is 9.47 Å². The first-order valence-corrected chi connectivity index (χ1v) is 4.39. The molecule has 1 unspecified atom stereocenters. The Balaban J connectivity index is 1.78. The molecule has 0 amide bonds. The van der Waals surface area contributed by atoms with E-state index in [1.54, 1.807) is 6.92 Å². The van der Waals surface area contributed by atoms with Crippen molar-refractivity contribution in [2.75, 3.05) is 13.2 Å². The molecule has 2 heterocycles. The Morgan fingerprint density at radius 2 is 2.54 bits per heavy atom. The van der Waals surface area contributed by atoms with Gasteiger partial charge in [0, 0.05) is 6.61 Å². The second kappa shape index (κ2) is 3.74. The normalized spacial score (nSPS) is 22.1. The molecule has 5 heteroatoms. The van der Waals surface area contributed by atoms with Crippen LogP contribution in [0.3, 0.4) is 0 Å². The summed E-state index contributed by atoms with van der Waals surface area (Å²) in [6.07, 6.45) is 2.57. The highest BCUT2D eigenvalue weighted by atomic mass is 16.6. The molecule has 0 radical (unpaired) electrons. The molecule has 0 aromatic carbocycles. The van der Waals surface area contributed by atoms with Crippen LogP contribution in [0.15, 0.2) is 4.52 Å². The fourth-order valence-corrected chi connectivity index (χ4v) is 1.28. The van der Waals surface area contributed by atoms with Crippen LogP contribution in [-0.4, -0.2) is 29.5 Å². The Labute approximate surface area is 76.0 Å². The molecule has 13 heavy (non-hydrogen) atoms. The van der Waals surface area contributed by atoms with Gasteiger partial charge in [-0.3, -0.25) is 4.52 Å². The molecular formula is C8H12N2O3. The third-order valence-corrected chi connectivity index (χ3v) is 1.93. The lowest BCUT2D eigenvalue weighted by Crippen LogP contribution is -2.16. The molecule has 1 aromatic rings. The van der Waals surface area contributed by atoms with Crippen LogP contribution in [0.4, 0.5) is 0 Å². The number of rotatable bonds is 3. The van der Waals surface area contributed by atoms with Gasteiger partial charge in [-0.05, 0) is 19.8 Å². The minimum absolute atomic E-state index is 0.187. The smallest absolute Gasteiger partial charge is 0.417 e. The monoisotopic (exact) mass is 184 g/mol. The molecule has 0 N–H and O–H groups in total. The maximum Gasteiger partial charge on any atom is 0.417 e. The van der Waals surface area contributed by atoms with Gasteiger partial charge in [0.15, 0.2) is 5.82 Å². The van der Waals surface area contributed by atoms with Crippen LogP contribution in [0.25, 0.3) is 0 Å². The van der Waals surface area contributed by atoms with Gasteiger partial charge in [-0.2, -0.15) is 4.98 Å². The zero-order chi connectivity index (χ0) is 9.10. The summed E-state index contributed by atoms with van der Waals surface area (Å²) in [6, 6.07) is 0. The van der Waals surface area contributed by atoms with Crippen molar-refractivity contribution in [1.29, 1.82) is 0 Å². The molecule has 5 nitrogen and oxygen atoms in total. The predicted molar refractivity (Wildman–Crippen MR) is 43.5 cm³/mol. The average molecular weight is 184 g/mol. The van der Waals surface area contributed by atoms with Crippen LogP contribution in [-0.2, 0) is 4.74 Å². The van der Waals surface area contributed by atoms with Crippen LogP contribution in [0.5, 0.6) is 6.08 Å².